The Hall–Kier alpha value is -5.00. The molecule has 0 unspecified atom stereocenters. The van der Waals surface area contributed by atoms with E-state index in [-0.39, 0.29) is 33.9 Å². The Kier molecular flexibility index (Phi) is 6.56. The van der Waals surface area contributed by atoms with E-state index >= 15 is 0 Å². The van der Waals surface area contributed by atoms with Gasteiger partial charge in [-0.3, -0.25) is 20.2 Å². The molecule has 12 heteroatoms. The highest BCUT2D eigenvalue weighted by atomic mass is 16.7. The van der Waals surface area contributed by atoms with Gasteiger partial charge in [0.2, 0.25) is 0 Å². The molecule has 3 aromatic rings. The summed E-state index contributed by atoms with van der Waals surface area (Å²) in [6.45, 7) is 0. The van der Waals surface area contributed by atoms with Gasteiger partial charge >= 0.3 is 11.9 Å². The van der Waals surface area contributed by atoms with Crippen LogP contribution >= 0.6 is 0 Å². The van der Waals surface area contributed by atoms with E-state index in [1.807, 2.05) is 0 Å². The number of anilines is 2. The van der Waals surface area contributed by atoms with Crippen molar-refractivity contribution in [2.45, 2.75) is 0 Å². The first-order chi connectivity index (χ1) is 15.3. The summed E-state index contributed by atoms with van der Waals surface area (Å²) in [5.41, 5.74) is 4.92. The zero-order valence-corrected chi connectivity index (χ0v) is 16.1. The lowest BCUT2D eigenvalue weighted by atomic mass is 10.1. The van der Waals surface area contributed by atoms with E-state index in [1.165, 1.54) is 72.8 Å². The molecule has 0 saturated carbocycles. The van der Waals surface area contributed by atoms with Crippen LogP contribution in [0.1, 0.15) is 20.7 Å². The van der Waals surface area contributed by atoms with Crippen LogP contribution in [0.3, 0.4) is 0 Å². The molecule has 32 heavy (non-hydrogen) atoms. The Bertz CT molecular complexity index is 1090. The van der Waals surface area contributed by atoms with Gasteiger partial charge in [-0.2, -0.15) is 0 Å². The lowest BCUT2D eigenvalue weighted by Crippen LogP contribution is -2.13. The Morgan fingerprint density at radius 3 is 1.38 bits per heavy atom. The number of benzene rings is 3. The maximum atomic E-state index is 12.1. The predicted octanol–water partition coefficient (Wildman–Crippen LogP) is 3.87. The smallest absolute Gasteiger partial charge is 0.338 e. The maximum Gasteiger partial charge on any atom is 0.362 e. The molecule has 0 radical (unpaired) electrons. The van der Waals surface area contributed by atoms with Crippen LogP contribution in [-0.4, -0.2) is 21.8 Å². The first-order valence-electron chi connectivity index (χ1n) is 8.87. The standard InChI is InChI=1S/C20H14N4O8/c25-19(31-21-15-3-1-5-17(11-15)23(27)28)13-7-9-14(10-8-13)20(26)32-22-16-4-2-6-18(12-16)24(29)30/h1-12,21-22H. The molecule has 3 rings (SSSR count). The highest BCUT2D eigenvalue weighted by molar-refractivity contribution is 5.93. The lowest BCUT2D eigenvalue weighted by molar-refractivity contribution is -0.385. The number of hydrogen-bond donors (Lipinski definition) is 2. The minimum absolute atomic E-state index is 0.103. The van der Waals surface area contributed by atoms with Crippen LogP contribution in [0, 0.1) is 20.2 Å². The molecule has 3 aromatic carbocycles. The quantitative estimate of drug-likeness (QED) is 0.390. The Morgan fingerprint density at radius 1 is 0.656 bits per heavy atom. The van der Waals surface area contributed by atoms with Crippen molar-refractivity contribution in [3.63, 3.8) is 0 Å². The largest absolute Gasteiger partial charge is 0.362 e. The van der Waals surface area contributed by atoms with Gasteiger partial charge in [0.1, 0.15) is 0 Å². The van der Waals surface area contributed by atoms with Gasteiger partial charge in [0.05, 0.1) is 32.3 Å². The molecule has 12 nitrogen and oxygen atoms in total. The number of carbonyl (C=O) groups is 2. The number of non-ortho nitro benzene ring substituents is 2. The van der Waals surface area contributed by atoms with E-state index < -0.39 is 21.8 Å². The third-order valence-electron chi connectivity index (χ3n) is 3.99. The number of hydrogen-bond acceptors (Lipinski definition) is 10. The van der Waals surface area contributed by atoms with Gasteiger partial charge < -0.3 is 9.68 Å². The highest BCUT2D eigenvalue weighted by Crippen LogP contribution is 2.19. The van der Waals surface area contributed by atoms with Crippen molar-refractivity contribution in [3.05, 3.63) is 104 Å². The fraction of sp³-hybridized carbons (Fsp3) is 0. The maximum absolute atomic E-state index is 12.1. The van der Waals surface area contributed by atoms with Crippen LogP contribution in [0.5, 0.6) is 0 Å². The van der Waals surface area contributed by atoms with Crippen molar-refractivity contribution >= 4 is 34.7 Å². The zero-order chi connectivity index (χ0) is 23.1. The monoisotopic (exact) mass is 438 g/mol. The molecule has 0 amide bonds. The summed E-state index contributed by atoms with van der Waals surface area (Å²) in [4.78, 5) is 54.4. The molecule has 2 N–H and O–H groups in total. The summed E-state index contributed by atoms with van der Waals surface area (Å²) in [5.74, 6) is -1.57. The number of carbonyl (C=O) groups excluding carboxylic acids is 2. The average Bonchev–Trinajstić information content (AvgIpc) is 2.81. The number of nitrogens with zero attached hydrogens (tertiary/aromatic N) is 2. The molecule has 0 aliphatic carbocycles. The second-order valence-corrected chi connectivity index (χ2v) is 6.18. The Labute approximate surface area is 179 Å². The average molecular weight is 438 g/mol. The fourth-order valence-electron chi connectivity index (χ4n) is 2.44. The van der Waals surface area contributed by atoms with Gasteiger partial charge in [0.15, 0.2) is 0 Å². The molecule has 0 aromatic heterocycles. The molecule has 0 bridgehead atoms. The van der Waals surface area contributed by atoms with Gasteiger partial charge in [-0.25, -0.2) is 20.5 Å². The zero-order valence-electron chi connectivity index (χ0n) is 16.1. The van der Waals surface area contributed by atoms with Crippen molar-refractivity contribution in [1.82, 2.24) is 0 Å². The molecular formula is C20H14N4O8. The van der Waals surface area contributed by atoms with Crippen LogP contribution < -0.4 is 11.0 Å². The number of rotatable bonds is 8. The molecule has 0 aliphatic rings. The normalized spacial score (nSPS) is 10.0. The summed E-state index contributed by atoms with van der Waals surface area (Å²) in [7, 11) is 0. The summed E-state index contributed by atoms with van der Waals surface area (Å²) < 4.78 is 0. The van der Waals surface area contributed by atoms with Crippen LogP contribution in [0.25, 0.3) is 0 Å². The molecule has 162 valence electrons. The third kappa shape index (κ3) is 5.54. The molecule has 0 heterocycles. The third-order valence-corrected chi connectivity index (χ3v) is 3.99. The van der Waals surface area contributed by atoms with Crippen molar-refractivity contribution in [1.29, 1.82) is 0 Å². The van der Waals surface area contributed by atoms with E-state index in [0.29, 0.717) is 0 Å². The summed E-state index contributed by atoms with van der Waals surface area (Å²) >= 11 is 0. The van der Waals surface area contributed by atoms with Crippen molar-refractivity contribution in [3.8, 4) is 0 Å². The van der Waals surface area contributed by atoms with Gasteiger partial charge in [0, 0.05) is 24.3 Å². The summed E-state index contributed by atoms with van der Waals surface area (Å²) in [5, 5.41) is 21.5. The van der Waals surface area contributed by atoms with Gasteiger partial charge in [-0.1, -0.05) is 12.1 Å². The van der Waals surface area contributed by atoms with Gasteiger partial charge in [0.25, 0.3) is 11.4 Å². The number of nitro groups is 2. The molecule has 0 spiro atoms. The Morgan fingerprint density at radius 2 is 1.03 bits per heavy atom. The van der Waals surface area contributed by atoms with E-state index in [9.17, 15) is 29.8 Å². The van der Waals surface area contributed by atoms with Crippen LogP contribution in [0.2, 0.25) is 0 Å². The second kappa shape index (κ2) is 9.67. The SMILES string of the molecule is O=C(ONc1cccc([N+](=O)[O-])c1)c1ccc(C(=O)ONc2cccc([N+](=O)[O-])c2)cc1. The number of nitrogens with one attached hydrogen (secondary N) is 2. The highest BCUT2D eigenvalue weighted by Gasteiger charge is 2.13. The first kappa shape index (κ1) is 21.7. The molecular weight excluding hydrogens is 424 g/mol. The second-order valence-electron chi connectivity index (χ2n) is 6.18. The van der Waals surface area contributed by atoms with Gasteiger partial charge in [-0.05, 0) is 36.4 Å². The molecule has 0 atom stereocenters. The molecule has 0 aliphatic heterocycles. The van der Waals surface area contributed by atoms with E-state index in [0.717, 1.165) is 0 Å². The van der Waals surface area contributed by atoms with Crippen molar-refractivity contribution < 1.29 is 29.1 Å². The topological polar surface area (TPSA) is 163 Å². The fourth-order valence-corrected chi connectivity index (χ4v) is 2.44. The van der Waals surface area contributed by atoms with Crippen molar-refractivity contribution in [2.24, 2.45) is 0 Å². The van der Waals surface area contributed by atoms with Crippen LogP contribution in [-0.2, 0) is 9.68 Å². The predicted molar refractivity (Wildman–Crippen MR) is 111 cm³/mol. The molecule has 0 saturated heterocycles. The summed E-state index contributed by atoms with van der Waals surface area (Å²) in [6, 6.07) is 16.1. The minimum atomic E-state index is -0.786. The van der Waals surface area contributed by atoms with E-state index in [1.54, 1.807) is 0 Å². The first-order valence-corrected chi connectivity index (χ1v) is 8.87. The van der Waals surface area contributed by atoms with Crippen LogP contribution in [0.4, 0.5) is 22.7 Å². The van der Waals surface area contributed by atoms with E-state index in [4.69, 9.17) is 9.68 Å². The van der Waals surface area contributed by atoms with E-state index in [2.05, 4.69) is 11.0 Å². The van der Waals surface area contributed by atoms with Gasteiger partial charge in [-0.15, -0.1) is 0 Å². The van der Waals surface area contributed by atoms with Crippen LogP contribution in [0.15, 0.2) is 72.8 Å². The number of nitro benzene ring substituents is 2. The summed E-state index contributed by atoms with van der Waals surface area (Å²) in [6.07, 6.45) is 0. The minimum Gasteiger partial charge on any atom is -0.338 e. The lowest BCUT2D eigenvalue weighted by Gasteiger charge is -2.08. The van der Waals surface area contributed by atoms with Crippen molar-refractivity contribution in [2.75, 3.05) is 11.0 Å². The Balaban J connectivity index is 1.55. The molecule has 0 fully saturated rings.